The molecule has 1 unspecified atom stereocenters. The number of aryl methyl sites for hydroxylation is 1. The molecule has 0 saturated heterocycles. The number of nitrogens with one attached hydrogen (secondary N) is 1. The van der Waals surface area contributed by atoms with E-state index in [1.165, 1.54) is 6.42 Å². The van der Waals surface area contributed by atoms with E-state index in [1.807, 2.05) is 6.92 Å². The van der Waals surface area contributed by atoms with Crippen LogP contribution in [0, 0.1) is 6.92 Å². The van der Waals surface area contributed by atoms with Crippen molar-refractivity contribution >= 4 is 5.95 Å². The minimum Gasteiger partial charge on any atom is -0.383 e. The number of aromatic nitrogens is 2. The molecule has 1 aromatic heterocycles. The molecule has 0 aromatic carbocycles. The molecule has 1 rings (SSSR count). The lowest BCUT2D eigenvalue weighted by molar-refractivity contribution is 0.187. The van der Waals surface area contributed by atoms with Crippen molar-refractivity contribution in [3.8, 4) is 0 Å². The normalized spacial score (nSPS) is 12.8. The maximum atomic E-state index is 5.09. The van der Waals surface area contributed by atoms with E-state index in [-0.39, 0.29) is 0 Å². The van der Waals surface area contributed by atoms with Gasteiger partial charge in [0.05, 0.1) is 12.3 Å². The summed E-state index contributed by atoms with van der Waals surface area (Å²) in [6.45, 7) is 7.96. The van der Waals surface area contributed by atoms with Gasteiger partial charge in [0.15, 0.2) is 0 Å². The van der Waals surface area contributed by atoms with Gasteiger partial charge in [0.2, 0.25) is 5.95 Å². The third-order valence-electron chi connectivity index (χ3n) is 2.53. The summed E-state index contributed by atoms with van der Waals surface area (Å²) in [7, 11) is 1.72. The Morgan fingerprint density at radius 1 is 1.56 bits per heavy atom. The second-order valence-corrected chi connectivity index (χ2v) is 4.23. The molecule has 0 radical (unpaired) electrons. The van der Waals surface area contributed by atoms with Gasteiger partial charge in [-0.2, -0.15) is 0 Å². The van der Waals surface area contributed by atoms with E-state index in [2.05, 4.69) is 34.9 Å². The van der Waals surface area contributed by atoms with Gasteiger partial charge in [-0.1, -0.05) is 13.3 Å². The molecule has 1 heterocycles. The number of rotatable bonds is 7. The Labute approximate surface area is 98.0 Å². The summed E-state index contributed by atoms with van der Waals surface area (Å²) < 4.78 is 7.20. The lowest BCUT2D eigenvalue weighted by Crippen LogP contribution is -2.18. The molecule has 0 aliphatic rings. The molecule has 1 N–H and O–H groups in total. The van der Waals surface area contributed by atoms with Crippen LogP contribution in [0.4, 0.5) is 5.95 Å². The zero-order valence-corrected chi connectivity index (χ0v) is 10.8. The van der Waals surface area contributed by atoms with Gasteiger partial charge in [-0.05, 0) is 20.3 Å². The molecule has 16 heavy (non-hydrogen) atoms. The highest BCUT2D eigenvalue weighted by Gasteiger charge is 2.08. The summed E-state index contributed by atoms with van der Waals surface area (Å²) in [6, 6.07) is 0.466. The summed E-state index contributed by atoms with van der Waals surface area (Å²) in [4.78, 5) is 4.48. The quantitative estimate of drug-likeness (QED) is 0.774. The molecule has 4 nitrogen and oxygen atoms in total. The SMILES string of the molecule is CCCC(C)Nc1nc(C)cn1CCOC. The standard InChI is InChI=1S/C12H23N3O/c1-5-6-10(2)13-12-14-11(3)9-15(12)7-8-16-4/h9-10H,5-8H2,1-4H3,(H,13,14). The third kappa shape index (κ3) is 3.85. The van der Waals surface area contributed by atoms with E-state index in [9.17, 15) is 0 Å². The number of methoxy groups -OCH3 is 1. The molecule has 0 aliphatic carbocycles. The predicted molar refractivity (Wildman–Crippen MR) is 66.8 cm³/mol. The summed E-state index contributed by atoms with van der Waals surface area (Å²) in [5.74, 6) is 0.954. The second-order valence-electron chi connectivity index (χ2n) is 4.23. The molecule has 0 bridgehead atoms. The van der Waals surface area contributed by atoms with Gasteiger partial charge in [-0.15, -0.1) is 0 Å². The first-order valence-corrected chi connectivity index (χ1v) is 5.96. The number of hydrogen-bond acceptors (Lipinski definition) is 3. The minimum absolute atomic E-state index is 0.466. The van der Waals surface area contributed by atoms with Crippen molar-refractivity contribution in [1.29, 1.82) is 0 Å². The van der Waals surface area contributed by atoms with Crippen LogP contribution in [0.2, 0.25) is 0 Å². The van der Waals surface area contributed by atoms with Crippen LogP contribution in [-0.2, 0) is 11.3 Å². The number of nitrogens with zero attached hydrogens (tertiary/aromatic N) is 2. The maximum absolute atomic E-state index is 5.09. The van der Waals surface area contributed by atoms with Crippen LogP contribution in [0.5, 0.6) is 0 Å². The Kier molecular flexibility index (Phi) is 5.32. The predicted octanol–water partition coefficient (Wildman–Crippen LogP) is 2.44. The zero-order chi connectivity index (χ0) is 12.0. The lowest BCUT2D eigenvalue weighted by Gasteiger charge is -2.14. The van der Waals surface area contributed by atoms with E-state index in [0.29, 0.717) is 12.6 Å². The highest BCUT2D eigenvalue weighted by Crippen LogP contribution is 2.11. The smallest absolute Gasteiger partial charge is 0.203 e. The number of ether oxygens (including phenoxy) is 1. The molecular weight excluding hydrogens is 202 g/mol. The Morgan fingerprint density at radius 3 is 2.94 bits per heavy atom. The highest BCUT2D eigenvalue weighted by atomic mass is 16.5. The summed E-state index contributed by atoms with van der Waals surface area (Å²) in [6.07, 6.45) is 4.40. The maximum Gasteiger partial charge on any atom is 0.203 e. The van der Waals surface area contributed by atoms with E-state index in [1.54, 1.807) is 7.11 Å². The number of imidazole rings is 1. The molecule has 0 amide bonds. The Balaban J connectivity index is 2.62. The molecule has 92 valence electrons. The average Bonchev–Trinajstić information content (AvgIpc) is 2.56. The Hall–Kier alpha value is -1.03. The second kappa shape index (κ2) is 6.53. The first-order valence-electron chi connectivity index (χ1n) is 5.96. The first kappa shape index (κ1) is 13.0. The van der Waals surface area contributed by atoms with Crippen molar-refractivity contribution in [2.75, 3.05) is 19.0 Å². The molecule has 1 aromatic rings. The van der Waals surface area contributed by atoms with Crippen molar-refractivity contribution in [2.24, 2.45) is 0 Å². The fourth-order valence-electron chi connectivity index (χ4n) is 1.75. The first-order chi connectivity index (χ1) is 7.67. The number of hydrogen-bond donors (Lipinski definition) is 1. The Bertz CT molecular complexity index is 309. The van der Waals surface area contributed by atoms with E-state index in [4.69, 9.17) is 4.74 Å². The summed E-state index contributed by atoms with van der Waals surface area (Å²) in [5, 5.41) is 3.44. The van der Waals surface area contributed by atoms with Crippen LogP contribution in [0.1, 0.15) is 32.4 Å². The van der Waals surface area contributed by atoms with Gasteiger partial charge in [0, 0.05) is 25.9 Å². The van der Waals surface area contributed by atoms with E-state index < -0.39 is 0 Å². The monoisotopic (exact) mass is 225 g/mol. The average molecular weight is 225 g/mol. The zero-order valence-electron chi connectivity index (χ0n) is 10.8. The molecule has 0 spiro atoms. The van der Waals surface area contributed by atoms with E-state index in [0.717, 1.165) is 24.6 Å². The van der Waals surface area contributed by atoms with Gasteiger partial charge < -0.3 is 14.6 Å². The molecule has 0 aliphatic heterocycles. The van der Waals surface area contributed by atoms with Crippen molar-refractivity contribution < 1.29 is 4.74 Å². The van der Waals surface area contributed by atoms with Gasteiger partial charge >= 0.3 is 0 Å². The van der Waals surface area contributed by atoms with Crippen LogP contribution in [0.3, 0.4) is 0 Å². The molecule has 0 saturated carbocycles. The van der Waals surface area contributed by atoms with Crippen molar-refractivity contribution in [1.82, 2.24) is 9.55 Å². The van der Waals surface area contributed by atoms with Crippen LogP contribution in [-0.4, -0.2) is 29.3 Å². The van der Waals surface area contributed by atoms with Gasteiger partial charge in [0.1, 0.15) is 0 Å². The summed E-state index contributed by atoms with van der Waals surface area (Å²) in [5.41, 5.74) is 1.04. The van der Waals surface area contributed by atoms with Crippen LogP contribution in [0.25, 0.3) is 0 Å². The fourth-order valence-corrected chi connectivity index (χ4v) is 1.75. The molecule has 1 atom stereocenters. The Morgan fingerprint density at radius 2 is 2.31 bits per heavy atom. The van der Waals surface area contributed by atoms with Crippen LogP contribution >= 0.6 is 0 Å². The topological polar surface area (TPSA) is 39.1 Å². The highest BCUT2D eigenvalue weighted by molar-refractivity contribution is 5.29. The van der Waals surface area contributed by atoms with E-state index >= 15 is 0 Å². The van der Waals surface area contributed by atoms with Crippen molar-refractivity contribution in [2.45, 2.75) is 46.2 Å². The van der Waals surface area contributed by atoms with Crippen LogP contribution in [0.15, 0.2) is 6.20 Å². The van der Waals surface area contributed by atoms with Gasteiger partial charge in [-0.25, -0.2) is 4.98 Å². The summed E-state index contributed by atoms with van der Waals surface area (Å²) >= 11 is 0. The van der Waals surface area contributed by atoms with Crippen LogP contribution < -0.4 is 5.32 Å². The van der Waals surface area contributed by atoms with Crippen molar-refractivity contribution in [3.63, 3.8) is 0 Å². The molecule has 4 heteroatoms. The lowest BCUT2D eigenvalue weighted by atomic mass is 10.2. The minimum atomic E-state index is 0.466. The van der Waals surface area contributed by atoms with Gasteiger partial charge in [0.25, 0.3) is 0 Å². The number of anilines is 1. The van der Waals surface area contributed by atoms with Gasteiger partial charge in [-0.3, -0.25) is 0 Å². The van der Waals surface area contributed by atoms with Crippen molar-refractivity contribution in [3.05, 3.63) is 11.9 Å². The molecular formula is C12H23N3O. The largest absolute Gasteiger partial charge is 0.383 e. The fraction of sp³-hybridized carbons (Fsp3) is 0.750. The third-order valence-corrected chi connectivity index (χ3v) is 2.53. The molecule has 0 fully saturated rings.